The zero-order chi connectivity index (χ0) is 13.2. The number of benzene rings is 1. The molecule has 3 nitrogen and oxygen atoms in total. The fourth-order valence-electron chi connectivity index (χ4n) is 1.32. The normalized spacial score (nSPS) is 11.7. The van der Waals surface area contributed by atoms with Crippen molar-refractivity contribution in [3.63, 3.8) is 0 Å². The highest BCUT2D eigenvalue weighted by Gasteiger charge is 2.14. The summed E-state index contributed by atoms with van der Waals surface area (Å²) in [5.74, 6) is 0. The standard InChI is InChI=1S/C11H9Cl2NO2S2/c12-9-4-3-8(6-10(9)13)7-14-18(15,16)11-2-1-5-17-11/h1-6,14H,7H2. The molecule has 7 heteroatoms. The SMILES string of the molecule is O=S(=O)(NCc1ccc(Cl)c(Cl)c1)c1cccs1. The van der Waals surface area contributed by atoms with Crippen molar-refractivity contribution in [2.75, 3.05) is 0 Å². The predicted octanol–water partition coefficient (Wildman–Crippen LogP) is 3.53. The quantitative estimate of drug-likeness (QED) is 0.936. The van der Waals surface area contributed by atoms with E-state index in [2.05, 4.69) is 4.72 Å². The Kier molecular flexibility index (Phi) is 4.29. The van der Waals surface area contributed by atoms with Gasteiger partial charge in [0.25, 0.3) is 0 Å². The van der Waals surface area contributed by atoms with Crippen molar-refractivity contribution >= 4 is 44.6 Å². The molecule has 0 saturated heterocycles. The highest BCUT2D eigenvalue weighted by atomic mass is 35.5. The molecule has 2 aromatic rings. The second-order valence-corrected chi connectivity index (χ2v) is 7.26. The smallest absolute Gasteiger partial charge is 0.206 e. The number of hydrogen-bond donors (Lipinski definition) is 1. The molecule has 0 unspecified atom stereocenters. The summed E-state index contributed by atoms with van der Waals surface area (Å²) in [6.45, 7) is 0.178. The Balaban J connectivity index is 2.10. The van der Waals surface area contributed by atoms with E-state index in [1.165, 1.54) is 11.3 Å². The Hall–Kier alpha value is -0.590. The molecule has 0 amide bonds. The average molecular weight is 322 g/mol. The van der Waals surface area contributed by atoms with Crippen LogP contribution in [0, 0.1) is 0 Å². The molecule has 18 heavy (non-hydrogen) atoms. The van der Waals surface area contributed by atoms with E-state index in [0.717, 1.165) is 5.56 Å². The summed E-state index contributed by atoms with van der Waals surface area (Å²) in [5, 5.41) is 2.57. The Morgan fingerprint density at radius 1 is 1.17 bits per heavy atom. The van der Waals surface area contributed by atoms with Gasteiger partial charge in [-0.1, -0.05) is 35.3 Å². The van der Waals surface area contributed by atoms with E-state index in [1.54, 1.807) is 35.7 Å². The molecule has 0 aliphatic carbocycles. The average Bonchev–Trinajstić information content (AvgIpc) is 2.85. The van der Waals surface area contributed by atoms with Crippen LogP contribution in [0.25, 0.3) is 0 Å². The van der Waals surface area contributed by atoms with Crippen LogP contribution in [-0.4, -0.2) is 8.42 Å². The molecular formula is C11H9Cl2NO2S2. The van der Waals surface area contributed by atoms with Crippen molar-refractivity contribution in [1.29, 1.82) is 0 Å². The number of thiophene rings is 1. The van der Waals surface area contributed by atoms with E-state index in [-0.39, 0.29) is 6.54 Å². The second kappa shape index (κ2) is 5.59. The highest BCUT2D eigenvalue weighted by Crippen LogP contribution is 2.23. The zero-order valence-corrected chi connectivity index (χ0v) is 12.2. The molecule has 0 atom stereocenters. The third kappa shape index (κ3) is 3.24. The lowest BCUT2D eigenvalue weighted by atomic mass is 10.2. The lowest BCUT2D eigenvalue weighted by Crippen LogP contribution is -2.22. The van der Waals surface area contributed by atoms with Gasteiger partial charge in [-0.05, 0) is 29.1 Å². The van der Waals surface area contributed by atoms with Crippen LogP contribution < -0.4 is 4.72 Å². The topological polar surface area (TPSA) is 46.2 Å². The fourth-order valence-corrected chi connectivity index (χ4v) is 3.69. The molecule has 1 N–H and O–H groups in total. The van der Waals surface area contributed by atoms with Crippen molar-refractivity contribution in [3.05, 3.63) is 51.3 Å². The van der Waals surface area contributed by atoms with Gasteiger partial charge in [0.05, 0.1) is 10.0 Å². The minimum Gasteiger partial charge on any atom is -0.206 e. The van der Waals surface area contributed by atoms with Crippen LogP contribution >= 0.6 is 34.5 Å². The van der Waals surface area contributed by atoms with E-state index >= 15 is 0 Å². The first-order chi connectivity index (χ1) is 8.49. The first-order valence-electron chi connectivity index (χ1n) is 4.96. The second-order valence-electron chi connectivity index (χ2n) is 3.51. The molecule has 0 fully saturated rings. The third-order valence-corrected chi connectivity index (χ3v) is 5.75. The Morgan fingerprint density at radius 3 is 2.56 bits per heavy atom. The largest absolute Gasteiger partial charge is 0.250 e. The Morgan fingerprint density at radius 2 is 1.94 bits per heavy atom. The summed E-state index contributed by atoms with van der Waals surface area (Å²) in [6.07, 6.45) is 0. The number of nitrogens with one attached hydrogen (secondary N) is 1. The lowest BCUT2D eigenvalue weighted by Gasteiger charge is -2.05. The Bertz CT molecular complexity index is 639. The minimum absolute atomic E-state index is 0.178. The molecule has 2 rings (SSSR count). The number of rotatable bonds is 4. The van der Waals surface area contributed by atoms with Gasteiger partial charge < -0.3 is 0 Å². The van der Waals surface area contributed by atoms with Gasteiger partial charge in [0.1, 0.15) is 4.21 Å². The van der Waals surface area contributed by atoms with Crippen LogP contribution in [0.2, 0.25) is 10.0 Å². The summed E-state index contributed by atoms with van der Waals surface area (Å²) in [4.78, 5) is 0. The van der Waals surface area contributed by atoms with Crippen molar-refractivity contribution in [2.24, 2.45) is 0 Å². The van der Waals surface area contributed by atoms with Gasteiger partial charge in [0.2, 0.25) is 10.0 Å². The van der Waals surface area contributed by atoms with Crippen LogP contribution in [0.15, 0.2) is 39.9 Å². The van der Waals surface area contributed by atoms with Crippen molar-refractivity contribution in [2.45, 2.75) is 10.8 Å². The summed E-state index contributed by atoms with van der Waals surface area (Å²) < 4.78 is 26.5. The molecular weight excluding hydrogens is 313 g/mol. The van der Waals surface area contributed by atoms with Gasteiger partial charge in [-0.2, -0.15) is 0 Å². The molecule has 1 aromatic heterocycles. The third-order valence-electron chi connectivity index (χ3n) is 2.21. The van der Waals surface area contributed by atoms with Crippen molar-refractivity contribution in [3.8, 4) is 0 Å². The van der Waals surface area contributed by atoms with Gasteiger partial charge in [0.15, 0.2) is 0 Å². The molecule has 0 aliphatic heterocycles. The monoisotopic (exact) mass is 321 g/mol. The Labute approximate surface area is 119 Å². The first kappa shape index (κ1) is 13.8. The maximum absolute atomic E-state index is 11.9. The van der Waals surface area contributed by atoms with E-state index in [0.29, 0.717) is 14.3 Å². The lowest BCUT2D eigenvalue weighted by molar-refractivity contribution is 0.583. The van der Waals surface area contributed by atoms with Crippen LogP contribution in [-0.2, 0) is 16.6 Å². The maximum atomic E-state index is 11.9. The summed E-state index contributed by atoms with van der Waals surface area (Å²) in [7, 11) is -3.45. The van der Waals surface area contributed by atoms with Crippen LogP contribution in [0.4, 0.5) is 0 Å². The summed E-state index contributed by atoms with van der Waals surface area (Å²) >= 11 is 12.8. The minimum atomic E-state index is -3.45. The van der Waals surface area contributed by atoms with Crippen LogP contribution in [0.5, 0.6) is 0 Å². The van der Waals surface area contributed by atoms with Crippen molar-refractivity contribution in [1.82, 2.24) is 4.72 Å². The zero-order valence-electron chi connectivity index (χ0n) is 9.06. The first-order valence-corrected chi connectivity index (χ1v) is 8.08. The summed E-state index contributed by atoms with van der Waals surface area (Å²) in [5.41, 5.74) is 0.754. The molecule has 0 radical (unpaired) electrons. The van der Waals surface area contributed by atoms with E-state index < -0.39 is 10.0 Å². The summed E-state index contributed by atoms with van der Waals surface area (Å²) in [6, 6.07) is 8.25. The molecule has 1 heterocycles. The van der Waals surface area contributed by atoms with E-state index in [9.17, 15) is 8.42 Å². The number of halogens is 2. The van der Waals surface area contributed by atoms with Gasteiger partial charge in [-0.25, -0.2) is 13.1 Å². The molecule has 0 bridgehead atoms. The van der Waals surface area contributed by atoms with E-state index in [1.807, 2.05) is 0 Å². The van der Waals surface area contributed by atoms with Gasteiger partial charge in [-0.3, -0.25) is 0 Å². The van der Waals surface area contributed by atoms with E-state index in [4.69, 9.17) is 23.2 Å². The van der Waals surface area contributed by atoms with Crippen LogP contribution in [0.3, 0.4) is 0 Å². The number of hydrogen-bond acceptors (Lipinski definition) is 3. The molecule has 1 aromatic carbocycles. The molecule has 96 valence electrons. The van der Waals surface area contributed by atoms with Gasteiger partial charge in [-0.15, -0.1) is 11.3 Å². The van der Waals surface area contributed by atoms with Crippen molar-refractivity contribution < 1.29 is 8.42 Å². The van der Waals surface area contributed by atoms with Crippen LogP contribution in [0.1, 0.15) is 5.56 Å². The molecule has 0 aliphatic rings. The predicted molar refractivity (Wildman–Crippen MR) is 74.8 cm³/mol. The maximum Gasteiger partial charge on any atom is 0.250 e. The molecule has 0 spiro atoms. The van der Waals surface area contributed by atoms with Gasteiger partial charge in [0, 0.05) is 6.54 Å². The number of sulfonamides is 1. The highest BCUT2D eigenvalue weighted by molar-refractivity contribution is 7.91. The fraction of sp³-hybridized carbons (Fsp3) is 0.0909. The molecule has 0 saturated carbocycles. The van der Waals surface area contributed by atoms with Gasteiger partial charge >= 0.3 is 0 Å².